The molecule has 0 aliphatic rings. The molecule has 0 radical (unpaired) electrons. The van der Waals surface area contributed by atoms with Crippen molar-refractivity contribution in [3.8, 4) is 5.75 Å². The monoisotopic (exact) mass is 339 g/mol. The molecule has 22 heavy (non-hydrogen) atoms. The second kappa shape index (κ2) is 7.82. The summed E-state index contributed by atoms with van der Waals surface area (Å²) >= 11 is 7.41. The van der Waals surface area contributed by atoms with Gasteiger partial charge in [0.1, 0.15) is 19.5 Å². The molecule has 7 heteroatoms. The molecule has 116 valence electrons. The van der Waals surface area contributed by atoms with Crippen molar-refractivity contribution in [3.63, 3.8) is 0 Å². The lowest BCUT2D eigenvalue weighted by Gasteiger charge is -2.09. The van der Waals surface area contributed by atoms with Crippen molar-refractivity contribution in [1.29, 1.82) is 0 Å². The first-order valence-electron chi connectivity index (χ1n) is 6.31. The fraction of sp³-hybridized carbons (Fsp3) is 0.200. The lowest BCUT2D eigenvalue weighted by atomic mass is 10.2. The molecule has 2 aromatic rings. The maximum absolute atomic E-state index is 11.8. The Balaban J connectivity index is 2.20. The summed E-state index contributed by atoms with van der Waals surface area (Å²) in [6, 6.07) is 9.04. The molecule has 0 atom stereocenters. The normalized spacial score (nSPS) is 11.1. The van der Waals surface area contributed by atoms with Gasteiger partial charge in [-0.3, -0.25) is 0 Å². The summed E-state index contributed by atoms with van der Waals surface area (Å²) < 4.78 is 10.4. The highest BCUT2D eigenvalue weighted by molar-refractivity contribution is 7.13. The maximum atomic E-state index is 11.8. The average Bonchev–Trinajstić information content (AvgIpc) is 2.99. The molecule has 5 nitrogen and oxygen atoms in total. The van der Waals surface area contributed by atoms with Gasteiger partial charge in [0.2, 0.25) is 5.71 Å². The topological polar surface area (TPSA) is 57.1 Å². The number of benzene rings is 1. The van der Waals surface area contributed by atoms with E-state index in [1.54, 1.807) is 12.1 Å². The molecule has 0 unspecified atom stereocenters. The van der Waals surface area contributed by atoms with E-state index < -0.39 is 5.97 Å². The fourth-order valence-electron chi connectivity index (χ4n) is 1.73. The molecular formula is C15H14ClNO4S. The van der Waals surface area contributed by atoms with E-state index in [0.29, 0.717) is 15.6 Å². The minimum atomic E-state index is -0.566. The van der Waals surface area contributed by atoms with E-state index in [2.05, 4.69) is 5.16 Å². The first kappa shape index (κ1) is 16.3. The van der Waals surface area contributed by atoms with E-state index in [-0.39, 0.29) is 12.3 Å². The van der Waals surface area contributed by atoms with Crippen LogP contribution in [0.5, 0.6) is 5.75 Å². The van der Waals surface area contributed by atoms with Crippen LogP contribution in [0.2, 0.25) is 5.02 Å². The van der Waals surface area contributed by atoms with E-state index in [0.717, 1.165) is 5.56 Å². The zero-order valence-corrected chi connectivity index (χ0v) is 13.6. The predicted molar refractivity (Wildman–Crippen MR) is 85.7 cm³/mol. The first-order chi connectivity index (χ1) is 10.7. The molecule has 0 spiro atoms. The zero-order chi connectivity index (χ0) is 15.9. The zero-order valence-electron chi connectivity index (χ0n) is 12.0. The third-order valence-electron chi connectivity index (χ3n) is 2.74. The number of para-hydroxylation sites is 1. The number of halogens is 1. The van der Waals surface area contributed by atoms with Crippen LogP contribution in [0, 0.1) is 0 Å². The molecule has 0 saturated heterocycles. The van der Waals surface area contributed by atoms with Crippen molar-refractivity contribution in [3.05, 3.63) is 51.2 Å². The Hall–Kier alpha value is -2.05. The Kier molecular flexibility index (Phi) is 5.80. The van der Waals surface area contributed by atoms with Gasteiger partial charge in [-0.25, -0.2) is 4.79 Å². The van der Waals surface area contributed by atoms with Gasteiger partial charge >= 0.3 is 5.97 Å². The predicted octanol–water partition coefficient (Wildman–Crippen LogP) is 3.50. The summed E-state index contributed by atoms with van der Waals surface area (Å²) in [5, 5.41) is 6.11. The van der Waals surface area contributed by atoms with Gasteiger partial charge in [0.25, 0.3) is 0 Å². The van der Waals surface area contributed by atoms with Crippen LogP contribution in [0.25, 0.3) is 0 Å². The quantitative estimate of drug-likeness (QED) is 0.459. The van der Waals surface area contributed by atoms with Crippen LogP contribution < -0.4 is 4.74 Å². The SMILES string of the molecule is CON=C(C(=O)OC)c1sccc1COc1ccccc1Cl. The largest absolute Gasteiger partial charge is 0.487 e. The van der Waals surface area contributed by atoms with Crippen LogP contribution in [0.3, 0.4) is 0 Å². The Morgan fingerprint density at radius 3 is 2.73 bits per heavy atom. The summed E-state index contributed by atoms with van der Waals surface area (Å²) in [6.45, 7) is 0.252. The first-order valence-corrected chi connectivity index (χ1v) is 7.56. The Bertz CT molecular complexity index is 684. The van der Waals surface area contributed by atoms with Crippen molar-refractivity contribution in [2.75, 3.05) is 14.2 Å². The minimum Gasteiger partial charge on any atom is -0.487 e. The van der Waals surface area contributed by atoms with E-state index in [1.165, 1.54) is 25.6 Å². The summed E-state index contributed by atoms with van der Waals surface area (Å²) in [5.74, 6) is 0.00732. The molecule has 1 aromatic carbocycles. The number of rotatable bonds is 6. The van der Waals surface area contributed by atoms with Gasteiger partial charge in [0, 0.05) is 5.56 Å². The summed E-state index contributed by atoms with van der Waals surface area (Å²) in [7, 11) is 2.66. The number of carbonyl (C=O) groups is 1. The fourth-order valence-corrected chi connectivity index (χ4v) is 2.80. The smallest absolute Gasteiger partial charge is 0.361 e. The highest BCUT2D eigenvalue weighted by Crippen LogP contribution is 2.26. The summed E-state index contributed by atoms with van der Waals surface area (Å²) in [6.07, 6.45) is 0. The number of hydrogen-bond donors (Lipinski definition) is 0. The van der Waals surface area contributed by atoms with Crippen molar-refractivity contribution in [1.82, 2.24) is 0 Å². The number of hydrogen-bond acceptors (Lipinski definition) is 6. The summed E-state index contributed by atoms with van der Waals surface area (Å²) in [5.41, 5.74) is 0.906. The number of carbonyl (C=O) groups excluding carboxylic acids is 1. The lowest BCUT2D eigenvalue weighted by Crippen LogP contribution is -2.18. The van der Waals surface area contributed by atoms with Crippen molar-refractivity contribution >= 4 is 34.6 Å². The van der Waals surface area contributed by atoms with Crippen molar-refractivity contribution in [2.45, 2.75) is 6.61 Å². The van der Waals surface area contributed by atoms with Gasteiger partial charge in [-0.2, -0.15) is 0 Å². The van der Waals surface area contributed by atoms with E-state index in [1.807, 2.05) is 23.6 Å². The Morgan fingerprint density at radius 1 is 1.27 bits per heavy atom. The number of oxime groups is 1. The minimum absolute atomic E-state index is 0.109. The van der Waals surface area contributed by atoms with Crippen LogP contribution in [0.1, 0.15) is 10.4 Å². The molecule has 0 bridgehead atoms. The lowest BCUT2D eigenvalue weighted by molar-refractivity contribution is -0.132. The molecule has 0 amide bonds. The average molecular weight is 340 g/mol. The number of methoxy groups -OCH3 is 1. The Labute approximate surface area is 137 Å². The molecule has 0 fully saturated rings. The maximum Gasteiger partial charge on any atom is 0.361 e. The third-order valence-corrected chi connectivity index (χ3v) is 4.02. The standard InChI is InChI=1S/C15H14ClNO4S/c1-19-15(18)13(17-20-2)14-10(7-8-22-14)9-21-12-6-4-3-5-11(12)16/h3-8H,9H2,1-2H3. The molecular weight excluding hydrogens is 326 g/mol. The molecule has 0 aliphatic heterocycles. The van der Waals surface area contributed by atoms with Gasteiger partial charge in [0.05, 0.1) is 17.0 Å². The van der Waals surface area contributed by atoms with E-state index >= 15 is 0 Å². The summed E-state index contributed by atoms with van der Waals surface area (Å²) in [4.78, 5) is 17.2. The molecule has 1 heterocycles. The van der Waals surface area contributed by atoms with Gasteiger partial charge in [-0.15, -0.1) is 11.3 Å². The second-order valence-corrected chi connectivity index (χ2v) is 5.43. The van der Waals surface area contributed by atoms with Gasteiger partial charge in [0.15, 0.2) is 0 Å². The molecule has 0 aliphatic carbocycles. The van der Waals surface area contributed by atoms with Crippen molar-refractivity contribution < 1.29 is 19.1 Å². The number of thiophene rings is 1. The number of esters is 1. The van der Waals surface area contributed by atoms with Crippen LogP contribution in [0.4, 0.5) is 0 Å². The Morgan fingerprint density at radius 2 is 2.05 bits per heavy atom. The van der Waals surface area contributed by atoms with E-state index in [9.17, 15) is 4.79 Å². The molecule has 0 N–H and O–H groups in total. The molecule has 2 rings (SSSR count). The van der Waals surface area contributed by atoms with Crippen LogP contribution in [0.15, 0.2) is 40.9 Å². The number of nitrogens with zero attached hydrogens (tertiary/aromatic N) is 1. The van der Waals surface area contributed by atoms with E-state index in [4.69, 9.17) is 25.9 Å². The van der Waals surface area contributed by atoms with Crippen LogP contribution in [-0.2, 0) is 21.0 Å². The third kappa shape index (κ3) is 3.78. The van der Waals surface area contributed by atoms with Crippen molar-refractivity contribution in [2.24, 2.45) is 5.16 Å². The highest BCUT2D eigenvalue weighted by Gasteiger charge is 2.21. The molecule has 0 saturated carbocycles. The second-order valence-electron chi connectivity index (χ2n) is 4.11. The van der Waals surface area contributed by atoms with Gasteiger partial charge in [-0.1, -0.05) is 28.9 Å². The van der Waals surface area contributed by atoms with Gasteiger partial charge < -0.3 is 14.3 Å². The van der Waals surface area contributed by atoms with Crippen LogP contribution in [-0.4, -0.2) is 25.9 Å². The highest BCUT2D eigenvalue weighted by atomic mass is 35.5. The molecule has 1 aromatic heterocycles. The number of ether oxygens (including phenoxy) is 2. The van der Waals surface area contributed by atoms with Gasteiger partial charge in [-0.05, 0) is 23.6 Å². The van der Waals surface area contributed by atoms with Crippen LogP contribution >= 0.6 is 22.9 Å².